The number of nitrogens with one attached hydrogen (secondary N) is 2. The molecule has 24 heavy (non-hydrogen) atoms. The maximum atomic E-state index is 11.9. The Labute approximate surface area is 148 Å². The first kappa shape index (κ1) is 18.3. The van der Waals surface area contributed by atoms with Gasteiger partial charge in [0.15, 0.2) is 0 Å². The van der Waals surface area contributed by atoms with Crippen LogP contribution in [0.3, 0.4) is 0 Å². The summed E-state index contributed by atoms with van der Waals surface area (Å²) in [7, 11) is 1.79. The van der Waals surface area contributed by atoms with Crippen molar-refractivity contribution < 1.29 is 9.53 Å². The van der Waals surface area contributed by atoms with Crippen LogP contribution in [0.25, 0.3) is 0 Å². The number of amides is 1. The summed E-state index contributed by atoms with van der Waals surface area (Å²) in [5.41, 5.74) is 2.06. The molecule has 2 aromatic rings. The SMILES string of the molecule is CC[C@H](NC)C(=O)NCc1ccc(OCc2cccc(Cl)c2)cc1. The molecule has 2 aromatic carbocycles. The number of likely N-dealkylation sites (N-methyl/N-ethyl adjacent to an activating group) is 1. The molecule has 0 saturated heterocycles. The van der Waals surface area contributed by atoms with E-state index >= 15 is 0 Å². The minimum absolute atomic E-state index is 0.0151. The second-order valence-corrected chi connectivity index (χ2v) is 5.97. The Hall–Kier alpha value is -2.04. The number of benzene rings is 2. The van der Waals surface area contributed by atoms with Gasteiger partial charge in [0.25, 0.3) is 0 Å². The third-order valence-corrected chi connectivity index (χ3v) is 3.99. The molecule has 5 heteroatoms. The molecule has 1 atom stereocenters. The van der Waals surface area contributed by atoms with Gasteiger partial charge in [-0.1, -0.05) is 42.8 Å². The molecule has 0 aromatic heterocycles. The lowest BCUT2D eigenvalue weighted by Crippen LogP contribution is -2.41. The Balaban J connectivity index is 1.83. The van der Waals surface area contributed by atoms with Crippen LogP contribution in [-0.2, 0) is 17.9 Å². The van der Waals surface area contributed by atoms with Gasteiger partial charge in [-0.25, -0.2) is 0 Å². The van der Waals surface area contributed by atoms with E-state index in [4.69, 9.17) is 16.3 Å². The van der Waals surface area contributed by atoms with Crippen LogP contribution in [0.1, 0.15) is 24.5 Å². The summed E-state index contributed by atoms with van der Waals surface area (Å²) in [5.74, 6) is 0.799. The summed E-state index contributed by atoms with van der Waals surface area (Å²) in [6.07, 6.45) is 0.763. The molecule has 0 heterocycles. The van der Waals surface area contributed by atoms with E-state index in [0.717, 1.165) is 23.3 Å². The van der Waals surface area contributed by atoms with Gasteiger partial charge in [0.2, 0.25) is 5.91 Å². The summed E-state index contributed by atoms with van der Waals surface area (Å²) in [4.78, 5) is 11.9. The van der Waals surface area contributed by atoms with Crippen molar-refractivity contribution in [3.8, 4) is 5.75 Å². The van der Waals surface area contributed by atoms with Gasteiger partial charge < -0.3 is 15.4 Å². The predicted molar refractivity (Wildman–Crippen MR) is 97.2 cm³/mol. The van der Waals surface area contributed by atoms with Crippen molar-refractivity contribution in [3.05, 3.63) is 64.7 Å². The highest BCUT2D eigenvalue weighted by atomic mass is 35.5. The van der Waals surface area contributed by atoms with E-state index in [1.54, 1.807) is 7.05 Å². The van der Waals surface area contributed by atoms with Crippen molar-refractivity contribution in [2.24, 2.45) is 0 Å². The maximum Gasteiger partial charge on any atom is 0.237 e. The van der Waals surface area contributed by atoms with Crippen LogP contribution in [-0.4, -0.2) is 19.0 Å². The van der Waals surface area contributed by atoms with Gasteiger partial charge in [0.05, 0.1) is 6.04 Å². The first-order valence-corrected chi connectivity index (χ1v) is 8.41. The quantitative estimate of drug-likeness (QED) is 0.768. The monoisotopic (exact) mass is 346 g/mol. The number of halogens is 1. The molecule has 0 radical (unpaired) electrons. The molecule has 0 unspecified atom stereocenters. The van der Waals surface area contributed by atoms with E-state index in [1.807, 2.05) is 55.5 Å². The van der Waals surface area contributed by atoms with Gasteiger partial charge >= 0.3 is 0 Å². The molecule has 4 nitrogen and oxygen atoms in total. The molecule has 0 saturated carbocycles. The molecular formula is C19H23ClN2O2. The van der Waals surface area contributed by atoms with Crippen LogP contribution in [0.5, 0.6) is 5.75 Å². The average molecular weight is 347 g/mol. The first-order chi connectivity index (χ1) is 11.6. The molecule has 0 aliphatic heterocycles. The molecule has 2 N–H and O–H groups in total. The van der Waals surface area contributed by atoms with Crippen LogP contribution in [0.4, 0.5) is 0 Å². The molecule has 0 fully saturated rings. The van der Waals surface area contributed by atoms with E-state index in [-0.39, 0.29) is 11.9 Å². The number of carbonyl (C=O) groups is 1. The summed E-state index contributed by atoms with van der Waals surface area (Å²) < 4.78 is 5.74. The Morgan fingerprint density at radius 2 is 1.92 bits per heavy atom. The number of ether oxygens (including phenoxy) is 1. The van der Waals surface area contributed by atoms with Crippen molar-refractivity contribution in [1.82, 2.24) is 10.6 Å². The smallest absolute Gasteiger partial charge is 0.237 e. The van der Waals surface area contributed by atoms with Crippen LogP contribution in [0, 0.1) is 0 Å². The largest absolute Gasteiger partial charge is 0.489 e. The first-order valence-electron chi connectivity index (χ1n) is 8.03. The minimum Gasteiger partial charge on any atom is -0.489 e. The zero-order valence-corrected chi connectivity index (χ0v) is 14.8. The number of hydrogen-bond acceptors (Lipinski definition) is 3. The minimum atomic E-state index is -0.148. The van der Waals surface area contributed by atoms with E-state index in [2.05, 4.69) is 10.6 Å². The lowest BCUT2D eigenvalue weighted by atomic mass is 10.2. The number of carbonyl (C=O) groups excluding carboxylic acids is 1. The molecule has 2 rings (SSSR count). The maximum absolute atomic E-state index is 11.9. The van der Waals surface area contributed by atoms with Crippen molar-refractivity contribution in [1.29, 1.82) is 0 Å². The van der Waals surface area contributed by atoms with Crippen molar-refractivity contribution >= 4 is 17.5 Å². The van der Waals surface area contributed by atoms with Gasteiger partial charge in [-0.3, -0.25) is 4.79 Å². The Kier molecular flexibility index (Phi) is 7.09. The van der Waals surface area contributed by atoms with E-state index < -0.39 is 0 Å². The fourth-order valence-electron chi connectivity index (χ4n) is 2.33. The third-order valence-electron chi connectivity index (χ3n) is 3.76. The fraction of sp³-hybridized carbons (Fsp3) is 0.316. The van der Waals surface area contributed by atoms with Crippen LogP contribution < -0.4 is 15.4 Å². The summed E-state index contributed by atoms with van der Waals surface area (Å²) >= 11 is 5.96. The zero-order chi connectivity index (χ0) is 17.4. The Morgan fingerprint density at radius 1 is 1.17 bits per heavy atom. The second kappa shape index (κ2) is 9.30. The molecule has 0 spiro atoms. The van der Waals surface area contributed by atoms with Crippen molar-refractivity contribution in [2.45, 2.75) is 32.5 Å². The van der Waals surface area contributed by atoms with Gasteiger partial charge in [-0.15, -0.1) is 0 Å². The Morgan fingerprint density at radius 3 is 2.54 bits per heavy atom. The van der Waals surface area contributed by atoms with Gasteiger partial charge in [0.1, 0.15) is 12.4 Å². The normalized spacial score (nSPS) is 11.8. The molecule has 0 bridgehead atoms. The van der Waals surface area contributed by atoms with Crippen molar-refractivity contribution in [3.63, 3.8) is 0 Å². The number of hydrogen-bond donors (Lipinski definition) is 2. The fourth-order valence-corrected chi connectivity index (χ4v) is 2.54. The van der Waals surface area contributed by atoms with Crippen molar-refractivity contribution in [2.75, 3.05) is 7.05 Å². The molecule has 0 aliphatic rings. The highest BCUT2D eigenvalue weighted by Crippen LogP contribution is 2.16. The second-order valence-electron chi connectivity index (χ2n) is 5.53. The molecular weight excluding hydrogens is 324 g/mol. The average Bonchev–Trinajstić information content (AvgIpc) is 2.60. The molecule has 128 valence electrons. The topological polar surface area (TPSA) is 50.4 Å². The molecule has 0 aliphatic carbocycles. The van der Waals surface area contributed by atoms with Gasteiger partial charge in [0, 0.05) is 11.6 Å². The van der Waals surface area contributed by atoms with Crippen LogP contribution in [0.15, 0.2) is 48.5 Å². The van der Waals surface area contributed by atoms with E-state index in [0.29, 0.717) is 18.2 Å². The van der Waals surface area contributed by atoms with E-state index in [9.17, 15) is 4.79 Å². The lowest BCUT2D eigenvalue weighted by molar-refractivity contribution is -0.123. The van der Waals surface area contributed by atoms with Crippen LogP contribution in [0.2, 0.25) is 5.02 Å². The lowest BCUT2D eigenvalue weighted by Gasteiger charge is -2.14. The molecule has 1 amide bonds. The summed E-state index contributed by atoms with van der Waals surface area (Å²) in [6, 6.07) is 15.2. The summed E-state index contributed by atoms with van der Waals surface area (Å²) in [6.45, 7) is 2.95. The van der Waals surface area contributed by atoms with Gasteiger partial charge in [-0.05, 0) is 48.9 Å². The highest BCUT2D eigenvalue weighted by Gasteiger charge is 2.12. The number of rotatable bonds is 8. The highest BCUT2D eigenvalue weighted by molar-refractivity contribution is 6.30. The van der Waals surface area contributed by atoms with Gasteiger partial charge in [-0.2, -0.15) is 0 Å². The van der Waals surface area contributed by atoms with E-state index in [1.165, 1.54) is 0 Å². The van der Waals surface area contributed by atoms with Crippen LogP contribution >= 0.6 is 11.6 Å². The zero-order valence-electron chi connectivity index (χ0n) is 14.0. The predicted octanol–water partition coefficient (Wildman–Crippen LogP) is 3.53. The Bertz CT molecular complexity index is 655. The summed E-state index contributed by atoms with van der Waals surface area (Å²) in [5, 5.41) is 6.62. The third kappa shape index (κ3) is 5.55. The standard InChI is InChI=1S/C19H23ClN2O2/c1-3-18(21-2)19(23)22-12-14-7-9-17(10-8-14)24-13-15-5-4-6-16(20)11-15/h4-11,18,21H,3,12-13H2,1-2H3,(H,22,23)/t18-/m0/s1.